The molecule has 1 saturated heterocycles. The Morgan fingerprint density at radius 2 is 1.70 bits per heavy atom. The molecule has 0 spiro atoms. The van der Waals surface area contributed by atoms with Crippen LogP contribution in [0.2, 0.25) is 0 Å². The first-order chi connectivity index (χ1) is 11.0. The van der Waals surface area contributed by atoms with E-state index in [1.165, 1.54) is 17.7 Å². The highest BCUT2D eigenvalue weighted by Gasteiger charge is 2.11. The lowest BCUT2D eigenvalue weighted by Gasteiger charge is -2.27. The second-order valence-corrected chi connectivity index (χ2v) is 7.15. The molecule has 1 aliphatic rings. The zero-order valence-corrected chi connectivity index (χ0v) is 13.6. The van der Waals surface area contributed by atoms with Crippen LogP contribution in [0.4, 0.5) is 0 Å². The highest BCUT2D eigenvalue weighted by molar-refractivity contribution is 7.85. The van der Waals surface area contributed by atoms with Crippen LogP contribution < -0.4 is 5.32 Å². The Hall–Kier alpha value is -1.73. The highest BCUT2D eigenvalue weighted by atomic mass is 32.2. The van der Waals surface area contributed by atoms with E-state index in [9.17, 15) is 8.42 Å². The van der Waals surface area contributed by atoms with Gasteiger partial charge in [-0.2, -0.15) is 8.42 Å². The van der Waals surface area contributed by atoms with Gasteiger partial charge in [-0.3, -0.25) is 9.45 Å². The van der Waals surface area contributed by atoms with Gasteiger partial charge in [-0.05, 0) is 34.9 Å². The van der Waals surface area contributed by atoms with Crippen LogP contribution in [0, 0.1) is 0 Å². The van der Waals surface area contributed by atoms with Crippen molar-refractivity contribution in [2.24, 2.45) is 0 Å². The smallest absolute Gasteiger partial charge is 0.294 e. The van der Waals surface area contributed by atoms with E-state index in [2.05, 4.69) is 22.3 Å². The van der Waals surface area contributed by atoms with Crippen LogP contribution in [-0.4, -0.2) is 44.0 Å². The minimum Gasteiger partial charge on any atom is -0.314 e. The van der Waals surface area contributed by atoms with E-state index in [0.29, 0.717) is 0 Å². The fourth-order valence-corrected chi connectivity index (χ4v) is 3.28. The molecule has 2 aromatic rings. The lowest BCUT2D eigenvalue weighted by atomic mass is 10.0. The topological polar surface area (TPSA) is 69.6 Å². The minimum atomic E-state index is -4.14. The van der Waals surface area contributed by atoms with Gasteiger partial charge in [-0.15, -0.1) is 0 Å². The average Bonchev–Trinajstić information content (AvgIpc) is 2.55. The second kappa shape index (κ2) is 6.80. The van der Waals surface area contributed by atoms with Crippen molar-refractivity contribution in [1.29, 1.82) is 0 Å². The maximum atomic E-state index is 11.1. The fraction of sp³-hybridized carbons (Fsp3) is 0.294. The van der Waals surface area contributed by atoms with E-state index in [-0.39, 0.29) is 4.90 Å². The Balaban J connectivity index is 1.79. The quantitative estimate of drug-likeness (QED) is 0.838. The van der Waals surface area contributed by atoms with Crippen LogP contribution in [0.3, 0.4) is 0 Å². The summed E-state index contributed by atoms with van der Waals surface area (Å²) in [4.78, 5) is 2.33. The molecule has 0 amide bonds. The summed E-state index contributed by atoms with van der Waals surface area (Å²) in [6.45, 7) is 5.06. The van der Waals surface area contributed by atoms with Gasteiger partial charge in [0.1, 0.15) is 0 Å². The Bertz CT molecular complexity index is 767. The van der Waals surface area contributed by atoms with Crippen LogP contribution >= 0.6 is 0 Å². The van der Waals surface area contributed by atoms with Crippen LogP contribution in [0.25, 0.3) is 11.1 Å². The summed E-state index contributed by atoms with van der Waals surface area (Å²) < 4.78 is 31.2. The van der Waals surface area contributed by atoms with Gasteiger partial charge < -0.3 is 5.32 Å². The Morgan fingerprint density at radius 3 is 2.35 bits per heavy atom. The summed E-state index contributed by atoms with van der Waals surface area (Å²) >= 11 is 0. The predicted octanol–water partition coefficient (Wildman–Crippen LogP) is 2.01. The average molecular weight is 332 g/mol. The summed E-state index contributed by atoms with van der Waals surface area (Å²) in [5, 5.41) is 3.34. The Kier molecular flexibility index (Phi) is 4.77. The third kappa shape index (κ3) is 4.17. The van der Waals surface area contributed by atoms with Gasteiger partial charge >= 0.3 is 0 Å². The monoisotopic (exact) mass is 332 g/mol. The van der Waals surface area contributed by atoms with Gasteiger partial charge in [-0.1, -0.05) is 30.3 Å². The molecule has 5 nitrogen and oxygen atoms in total. The standard InChI is InChI=1S/C17H20N2O3S/c20-23(21,22)17-6-4-15(5-7-17)16-3-1-2-14(12-16)13-19-10-8-18-9-11-19/h1-7,12,18H,8-11,13H2,(H,20,21,22). The van der Waals surface area contributed by atoms with Crippen molar-refractivity contribution in [3.05, 3.63) is 54.1 Å². The Labute approximate surface area is 136 Å². The van der Waals surface area contributed by atoms with Gasteiger partial charge in [0, 0.05) is 32.7 Å². The van der Waals surface area contributed by atoms with Crippen LogP contribution in [0.5, 0.6) is 0 Å². The molecule has 1 heterocycles. The first-order valence-electron chi connectivity index (χ1n) is 7.62. The first kappa shape index (κ1) is 16.1. The SMILES string of the molecule is O=S(=O)(O)c1ccc(-c2cccc(CN3CCNCC3)c2)cc1. The van der Waals surface area contributed by atoms with Crippen LogP contribution in [0.15, 0.2) is 53.4 Å². The predicted molar refractivity (Wildman–Crippen MR) is 89.8 cm³/mol. The molecule has 1 aliphatic heterocycles. The zero-order chi connectivity index (χ0) is 16.3. The molecule has 2 aromatic carbocycles. The number of hydrogen-bond acceptors (Lipinski definition) is 4. The van der Waals surface area contributed by atoms with Crippen molar-refractivity contribution in [2.45, 2.75) is 11.4 Å². The summed E-state index contributed by atoms with van der Waals surface area (Å²) in [6.07, 6.45) is 0. The summed E-state index contributed by atoms with van der Waals surface area (Å²) in [5.41, 5.74) is 3.21. The van der Waals surface area contributed by atoms with E-state index in [1.807, 2.05) is 12.1 Å². The van der Waals surface area contributed by atoms with Crippen molar-refractivity contribution in [2.75, 3.05) is 26.2 Å². The van der Waals surface area contributed by atoms with Crippen LogP contribution in [0.1, 0.15) is 5.56 Å². The van der Waals surface area contributed by atoms with E-state index < -0.39 is 10.1 Å². The number of nitrogens with one attached hydrogen (secondary N) is 1. The van der Waals surface area contributed by atoms with Crippen molar-refractivity contribution in [3.63, 3.8) is 0 Å². The Morgan fingerprint density at radius 1 is 1.00 bits per heavy atom. The highest BCUT2D eigenvalue weighted by Crippen LogP contribution is 2.23. The molecule has 122 valence electrons. The fourth-order valence-electron chi connectivity index (χ4n) is 2.80. The molecule has 0 aliphatic carbocycles. The van der Waals surface area contributed by atoms with E-state index in [1.54, 1.807) is 12.1 Å². The zero-order valence-electron chi connectivity index (χ0n) is 12.8. The summed E-state index contributed by atoms with van der Waals surface area (Å²) in [5.74, 6) is 0. The summed E-state index contributed by atoms with van der Waals surface area (Å²) in [6, 6.07) is 14.5. The number of piperazine rings is 1. The van der Waals surface area contributed by atoms with Gasteiger partial charge in [0.05, 0.1) is 4.90 Å². The molecule has 0 atom stereocenters. The molecular weight excluding hydrogens is 312 g/mol. The molecule has 0 radical (unpaired) electrons. The molecule has 6 heteroatoms. The molecule has 0 saturated carbocycles. The minimum absolute atomic E-state index is 0.0850. The summed E-state index contributed by atoms with van der Waals surface area (Å²) in [7, 11) is -4.14. The molecule has 3 rings (SSSR count). The van der Waals surface area contributed by atoms with Gasteiger partial charge in [-0.25, -0.2) is 0 Å². The van der Waals surface area contributed by atoms with Gasteiger partial charge in [0.25, 0.3) is 10.1 Å². The first-order valence-corrected chi connectivity index (χ1v) is 9.06. The molecule has 23 heavy (non-hydrogen) atoms. The van der Waals surface area contributed by atoms with Crippen molar-refractivity contribution in [1.82, 2.24) is 10.2 Å². The molecule has 0 aromatic heterocycles. The largest absolute Gasteiger partial charge is 0.314 e. The normalized spacial score (nSPS) is 16.4. The molecular formula is C17H20N2O3S. The van der Waals surface area contributed by atoms with Crippen molar-refractivity contribution >= 4 is 10.1 Å². The van der Waals surface area contributed by atoms with E-state index in [0.717, 1.165) is 43.9 Å². The number of hydrogen-bond donors (Lipinski definition) is 2. The van der Waals surface area contributed by atoms with Crippen LogP contribution in [-0.2, 0) is 16.7 Å². The van der Waals surface area contributed by atoms with Crippen molar-refractivity contribution in [3.8, 4) is 11.1 Å². The molecule has 2 N–H and O–H groups in total. The molecule has 0 unspecified atom stereocenters. The molecule has 0 bridgehead atoms. The lowest BCUT2D eigenvalue weighted by molar-refractivity contribution is 0.233. The number of rotatable bonds is 4. The molecule has 1 fully saturated rings. The number of benzene rings is 2. The van der Waals surface area contributed by atoms with Crippen molar-refractivity contribution < 1.29 is 13.0 Å². The van der Waals surface area contributed by atoms with E-state index >= 15 is 0 Å². The second-order valence-electron chi connectivity index (χ2n) is 5.73. The third-order valence-electron chi connectivity index (χ3n) is 4.03. The van der Waals surface area contributed by atoms with E-state index in [4.69, 9.17) is 4.55 Å². The lowest BCUT2D eigenvalue weighted by Crippen LogP contribution is -2.42. The maximum Gasteiger partial charge on any atom is 0.294 e. The van der Waals surface area contributed by atoms with Gasteiger partial charge in [0.2, 0.25) is 0 Å². The third-order valence-corrected chi connectivity index (χ3v) is 4.90. The number of nitrogens with zero attached hydrogens (tertiary/aromatic N) is 1. The van der Waals surface area contributed by atoms with Gasteiger partial charge in [0.15, 0.2) is 0 Å². The maximum absolute atomic E-state index is 11.1.